The molecule has 16 heavy (non-hydrogen) atoms. The third-order valence-corrected chi connectivity index (χ3v) is 3.38. The summed E-state index contributed by atoms with van der Waals surface area (Å²) in [5, 5.41) is 3.26. The first-order valence-corrected chi connectivity index (χ1v) is 5.63. The highest BCUT2D eigenvalue weighted by atomic mass is 16.6. The molecule has 1 saturated heterocycles. The molecule has 88 valence electrons. The Hall–Kier alpha value is -1.29. The third kappa shape index (κ3) is 1.97. The van der Waals surface area contributed by atoms with Gasteiger partial charge in [0.25, 0.3) is 0 Å². The van der Waals surface area contributed by atoms with Crippen molar-refractivity contribution in [2.45, 2.75) is 32.5 Å². The molecule has 0 bridgehead atoms. The molecular formula is C12H18N2O2. The van der Waals surface area contributed by atoms with Crippen LogP contribution >= 0.6 is 0 Å². The second kappa shape index (κ2) is 4.29. The second-order valence-corrected chi connectivity index (χ2v) is 4.47. The predicted molar refractivity (Wildman–Crippen MR) is 60.8 cm³/mol. The van der Waals surface area contributed by atoms with E-state index in [-0.39, 0.29) is 24.0 Å². The quantitative estimate of drug-likeness (QED) is 0.778. The molecule has 0 aliphatic carbocycles. The molecule has 2 heterocycles. The Labute approximate surface area is 95.6 Å². The number of hydrogen-bond donors (Lipinski definition) is 1. The van der Waals surface area contributed by atoms with Gasteiger partial charge in [0, 0.05) is 31.4 Å². The summed E-state index contributed by atoms with van der Waals surface area (Å²) in [6.07, 6.45) is 2.01. The first kappa shape index (κ1) is 11.2. The van der Waals surface area contributed by atoms with Crippen LogP contribution < -0.4 is 5.32 Å². The zero-order valence-electron chi connectivity index (χ0n) is 9.93. The molecule has 1 fully saturated rings. The van der Waals surface area contributed by atoms with Crippen LogP contribution in [-0.4, -0.2) is 22.7 Å². The summed E-state index contributed by atoms with van der Waals surface area (Å²) in [4.78, 5) is 11.5. The van der Waals surface area contributed by atoms with Crippen molar-refractivity contribution in [3.8, 4) is 0 Å². The first-order chi connectivity index (χ1) is 7.59. The zero-order chi connectivity index (χ0) is 11.7. The Kier molecular flexibility index (Phi) is 3.01. The number of aromatic nitrogens is 1. The van der Waals surface area contributed by atoms with E-state index in [0.29, 0.717) is 6.54 Å². The molecule has 1 aromatic rings. The van der Waals surface area contributed by atoms with Gasteiger partial charge in [-0.1, -0.05) is 6.92 Å². The number of nitrogens with one attached hydrogen (secondary N) is 1. The molecule has 0 spiro atoms. The minimum absolute atomic E-state index is 0.0124. The van der Waals surface area contributed by atoms with E-state index in [0.717, 1.165) is 0 Å². The number of rotatable bonds is 3. The fourth-order valence-electron chi connectivity index (χ4n) is 2.01. The maximum absolute atomic E-state index is 11.5. The summed E-state index contributed by atoms with van der Waals surface area (Å²) in [6.45, 7) is 4.67. The first-order valence-electron chi connectivity index (χ1n) is 5.63. The van der Waals surface area contributed by atoms with Crippen LogP contribution in [0.3, 0.4) is 0 Å². The molecule has 1 aliphatic heterocycles. The van der Waals surface area contributed by atoms with Crippen LogP contribution in [0.25, 0.3) is 0 Å². The number of carbonyl (C=O) groups is 1. The number of esters is 1. The van der Waals surface area contributed by atoms with E-state index in [1.165, 1.54) is 5.69 Å². The van der Waals surface area contributed by atoms with Gasteiger partial charge in [-0.05, 0) is 19.1 Å². The lowest BCUT2D eigenvalue weighted by molar-refractivity contribution is -0.142. The van der Waals surface area contributed by atoms with Crippen LogP contribution in [0.1, 0.15) is 19.5 Å². The van der Waals surface area contributed by atoms with Gasteiger partial charge >= 0.3 is 5.97 Å². The van der Waals surface area contributed by atoms with Crippen LogP contribution in [-0.2, 0) is 23.1 Å². The fourth-order valence-corrected chi connectivity index (χ4v) is 2.01. The molecular weight excluding hydrogens is 204 g/mol. The van der Waals surface area contributed by atoms with E-state index >= 15 is 0 Å². The van der Waals surface area contributed by atoms with Crippen molar-refractivity contribution in [3.63, 3.8) is 0 Å². The predicted octanol–water partition coefficient (Wildman–Crippen LogP) is 1.06. The summed E-state index contributed by atoms with van der Waals surface area (Å²) in [6, 6.07) is 3.86. The Bertz CT molecular complexity index is 386. The molecule has 1 N–H and O–H groups in total. The van der Waals surface area contributed by atoms with Crippen LogP contribution in [0.5, 0.6) is 0 Å². The van der Waals surface area contributed by atoms with E-state index in [1.54, 1.807) is 0 Å². The summed E-state index contributed by atoms with van der Waals surface area (Å²) < 4.78 is 7.22. The average molecular weight is 222 g/mol. The molecule has 3 atom stereocenters. The van der Waals surface area contributed by atoms with Crippen molar-refractivity contribution in [1.82, 2.24) is 9.88 Å². The van der Waals surface area contributed by atoms with Crippen molar-refractivity contribution in [1.29, 1.82) is 0 Å². The van der Waals surface area contributed by atoms with Gasteiger partial charge in [0.15, 0.2) is 0 Å². The summed E-state index contributed by atoms with van der Waals surface area (Å²) in [5.74, 6) is 0.0991. The topological polar surface area (TPSA) is 43.3 Å². The Balaban J connectivity index is 1.96. The standard InChI is InChI=1S/C12H18N2O2/c1-8-9(2)16-12(15)11(8)13-7-10-5-4-6-14(10)3/h4-6,8-9,11,13H,7H2,1-3H3/t8-,9+,11-/m1/s1. The van der Waals surface area contributed by atoms with Gasteiger partial charge in [-0.15, -0.1) is 0 Å². The van der Waals surface area contributed by atoms with Gasteiger partial charge in [-0.25, -0.2) is 0 Å². The normalized spacial score (nSPS) is 29.4. The number of hydrogen-bond acceptors (Lipinski definition) is 3. The van der Waals surface area contributed by atoms with Crippen LogP contribution in [0.4, 0.5) is 0 Å². The number of ether oxygens (including phenoxy) is 1. The second-order valence-electron chi connectivity index (χ2n) is 4.47. The van der Waals surface area contributed by atoms with Gasteiger partial charge in [0.1, 0.15) is 12.1 Å². The highest BCUT2D eigenvalue weighted by molar-refractivity contribution is 5.78. The Morgan fingerprint density at radius 3 is 2.75 bits per heavy atom. The largest absolute Gasteiger partial charge is 0.461 e. The van der Waals surface area contributed by atoms with E-state index in [9.17, 15) is 4.79 Å². The molecule has 4 nitrogen and oxygen atoms in total. The van der Waals surface area contributed by atoms with Gasteiger partial charge in [-0.2, -0.15) is 0 Å². The fraction of sp³-hybridized carbons (Fsp3) is 0.583. The van der Waals surface area contributed by atoms with Crippen molar-refractivity contribution in [2.75, 3.05) is 0 Å². The number of nitrogens with zero attached hydrogens (tertiary/aromatic N) is 1. The highest BCUT2D eigenvalue weighted by Gasteiger charge is 2.38. The van der Waals surface area contributed by atoms with Gasteiger partial charge in [0.2, 0.25) is 0 Å². The zero-order valence-corrected chi connectivity index (χ0v) is 9.93. The summed E-state index contributed by atoms with van der Waals surface area (Å²) >= 11 is 0. The maximum Gasteiger partial charge on any atom is 0.323 e. The van der Waals surface area contributed by atoms with Crippen molar-refractivity contribution < 1.29 is 9.53 Å². The van der Waals surface area contributed by atoms with Crippen LogP contribution in [0, 0.1) is 5.92 Å². The molecule has 0 aromatic carbocycles. The van der Waals surface area contributed by atoms with Crippen molar-refractivity contribution >= 4 is 5.97 Å². The molecule has 0 amide bonds. The minimum atomic E-state index is -0.176. The van der Waals surface area contributed by atoms with Gasteiger partial charge in [-0.3, -0.25) is 10.1 Å². The van der Waals surface area contributed by atoms with E-state index < -0.39 is 0 Å². The SMILES string of the molecule is C[C@@H]1[C@H](C)OC(=O)[C@@H]1NCc1cccn1C. The smallest absolute Gasteiger partial charge is 0.323 e. The van der Waals surface area contributed by atoms with Crippen LogP contribution in [0.15, 0.2) is 18.3 Å². The number of aryl methyl sites for hydroxylation is 1. The Morgan fingerprint density at radius 1 is 1.50 bits per heavy atom. The molecule has 1 aliphatic rings. The molecule has 4 heteroatoms. The Morgan fingerprint density at radius 2 is 2.25 bits per heavy atom. The lowest BCUT2D eigenvalue weighted by Crippen LogP contribution is -2.38. The van der Waals surface area contributed by atoms with Crippen molar-refractivity contribution in [3.05, 3.63) is 24.0 Å². The average Bonchev–Trinajstić information content (AvgIpc) is 2.72. The monoisotopic (exact) mass is 222 g/mol. The van der Waals surface area contributed by atoms with Crippen molar-refractivity contribution in [2.24, 2.45) is 13.0 Å². The maximum atomic E-state index is 11.5. The summed E-state index contributed by atoms with van der Waals surface area (Å²) in [5.41, 5.74) is 1.17. The molecule has 0 radical (unpaired) electrons. The van der Waals surface area contributed by atoms with E-state index in [1.807, 2.05) is 43.8 Å². The molecule has 2 rings (SSSR count). The molecule has 1 aromatic heterocycles. The third-order valence-electron chi connectivity index (χ3n) is 3.38. The highest BCUT2D eigenvalue weighted by Crippen LogP contribution is 2.21. The lowest BCUT2D eigenvalue weighted by Gasteiger charge is -2.14. The molecule has 0 saturated carbocycles. The number of cyclic esters (lactones) is 1. The van der Waals surface area contributed by atoms with Gasteiger partial charge < -0.3 is 9.30 Å². The minimum Gasteiger partial charge on any atom is -0.461 e. The molecule has 0 unspecified atom stereocenters. The summed E-state index contributed by atoms with van der Waals surface area (Å²) in [7, 11) is 2.00. The lowest BCUT2D eigenvalue weighted by atomic mass is 10.0. The van der Waals surface area contributed by atoms with Crippen LogP contribution in [0.2, 0.25) is 0 Å². The van der Waals surface area contributed by atoms with E-state index in [2.05, 4.69) is 5.32 Å². The van der Waals surface area contributed by atoms with E-state index in [4.69, 9.17) is 4.74 Å². The van der Waals surface area contributed by atoms with Gasteiger partial charge in [0.05, 0.1) is 0 Å². The number of carbonyl (C=O) groups excluding carboxylic acids is 1.